The lowest BCUT2D eigenvalue weighted by molar-refractivity contribution is -0.127. The molecule has 5 nitrogen and oxygen atoms in total. The van der Waals surface area contributed by atoms with E-state index in [0.717, 1.165) is 49.8 Å². The smallest absolute Gasteiger partial charge is 0.254 e. The molecular weight excluding hydrogens is 376 g/mol. The normalized spacial score (nSPS) is 23.5. The molecule has 5 rings (SSSR count). The van der Waals surface area contributed by atoms with Gasteiger partial charge in [0, 0.05) is 11.6 Å². The summed E-state index contributed by atoms with van der Waals surface area (Å²) in [5.41, 5.74) is 1.20. The van der Waals surface area contributed by atoms with Crippen LogP contribution in [0.15, 0.2) is 47.1 Å². The molecule has 0 bridgehead atoms. The minimum absolute atomic E-state index is 0.00839. The molecule has 2 aliphatic carbocycles. The fraction of sp³-hybridized carbons (Fsp3) is 0.520. The molecule has 3 aliphatic rings. The number of amides is 2. The zero-order chi connectivity index (χ0) is 20.6. The van der Waals surface area contributed by atoms with Crippen molar-refractivity contribution in [3.63, 3.8) is 0 Å². The van der Waals surface area contributed by atoms with Crippen molar-refractivity contribution in [2.24, 2.45) is 0 Å². The summed E-state index contributed by atoms with van der Waals surface area (Å²) in [5, 5.41) is 3.11. The molecule has 30 heavy (non-hydrogen) atoms. The maximum absolute atomic E-state index is 13.8. The lowest BCUT2D eigenvalue weighted by atomic mass is 9.69. The number of fused-ring (bicyclic) bond motifs is 1. The van der Waals surface area contributed by atoms with Crippen molar-refractivity contribution < 1.29 is 14.0 Å². The van der Waals surface area contributed by atoms with Gasteiger partial charge in [0.25, 0.3) is 5.91 Å². The number of nitrogens with zero attached hydrogens (tertiary/aromatic N) is 1. The molecule has 1 aliphatic heterocycles. The summed E-state index contributed by atoms with van der Waals surface area (Å²) in [6.45, 7) is 0.373. The van der Waals surface area contributed by atoms with Crippen LogP contribution >= 0.6 is 0 Å². The lowest BCUT2D eigenvalue weighted by Gasteiger charge is -2.53. The average Bonchev–Trinajstić information content (AvgIpc) is 3.46. The summed E-state index contributed by atoms with van der Waals surface area (Å²) in [6, 6.07) is 11.7. The number of rotatable bonds is 4. The Balaban J connectivity index is 1.56. The van der Waals surface area contributed by atoms with E-state index in [-0.39, 0.29) is 23.8 Å². The molecule has 1 atom stereocenters. The molecule has 0 saturated heterocycles. The van der Waals surface area contributed by atoms with E-state index in [2.05, 4.69) is 10.2 Å². The summed E-state index contributed by atoms with van der Waals surface area (Å²) >= 11 is 0. The van der Waals surface area contributed by atoms with Gasteiger partial charge < -0.3 is 14.6 Å². The van der Waals surface area contributed by atoms with Crippen LogP contribution in [-0.4, -0.2) is 28.3 Å². The molecule has 1 N–H and O–H groups in total. The number of hydrogen-bond acceptors (Lipinski definition) is 3. The van der Waals surface area contributed by atoms with Crippen molar-refractivity contribution in [3.05, 3.63) is 59.5 Å². The highest BCUT2D eigenvalue weighted by Gasteiger charge is 2.57. The molecule has 5 heteroatoms. The van der Waals surface area contributed by atoms with Gasteiger partial charge in [0.05, 0.1) is 24.3 Å². The summed E-state index contributed by atoms with van der Waals surface area (Å²) in [6.07, 6.45) is 11.3. The van der Waals surface area contributed by atoms with Crippen molar-refractivity contribution >= 4 is 11.8 Å². The van der Waals surface area contributed by atoms with Crippen molar-refractivity contribution in [3.8, 4) is 0 Å². The molecule has 1 spiro atoms. The Hall–Kier alpha value is -2.56. The van der Waals surface area contributed by atoms with Crippen LogP contribution < -0.4 is 5.32 Å². The fourth-order valence-corrected chi connectivity index (χ4v) is 6.16. The van der Waals surface area contributed by atoms with Crippen LogP contribution in [0.3, 0.4) is 0 Å². The fourth-order valence-electron chi connectivity index (χ4n) is 6.16. The van der Waals surface area contributed by atoms with Gasteiger partial charge in [-0.05, 0) is 49.4 Å². The topological polar surface area (TPSA) is 62.6 Å². The van der Waals surface area contributed by atoms with Crippen LogP contribution in [0, 0.1) is 0 Å². The van der Waals surface area contributed by atoms with Crippen LogP contribution in [-0.2, 0) is 11.3 Å². The number of carbonyl (C=O) groups excluding carboxylic acids is 2. The number of furan rings is 1. The highest BCUT2D eigenvalue weighted by molar-refractivity contribution is 6.02. The second kappa shape index (κ2) is 7.93. The van der Waals surface area contributed by atoms with Crippen LogP contribution in [0.1, 0.15) is 85.4 Å². The van der Waals surface area contributed by atoms with Gasteiger partial charge >= 0.3 is 0 Å². The van der Waals surface area contributed by atoms with Gasteiger partial charge in [-0.15, -0.1) is 0 Å². The summed E-state index contributed by atoms with van der Waals surface area (Å²) in [7, 11) is 0. The second-order valence-electron chi connectivity index (χ2n) is 9.10. The third-order valence-electron chi connectivity index (χ3n) is 7.43. The first-order valence-corrected chi connectivity index (χ1v) is 11.4. The first-order valence-electron chi connectivity index (χ1n) is 11.4. The van der Waals surface area contributed by atoms with Gasteiger partial charge in [0.15, 0.2) is 0 Å². The van der Waals surface area contributed by atoms with E-state index in [1.807, 2.05) is 36.4 Å². The van der Waals surface area contributed by atoms with E-state index < -0.39 is 5.54 Å². The first kappa shape index (κ1) is 19.4. The Bertz CT molecular complexity index is 908. The highest BCUT2D eigenvalue weighted by Crippen LogP contribution is 2.52. The maximum atomic E-state index is 13.8. The molecule has 1 aromatic carbocycles. The molecule has 2 heterocycles. The van der Waals surface area contributed by atoms with E-state index in [4.69, 9.17) is 4.42 Å². The van der Waals surface area contributed by atoms with Crippen molar-refractivity contribution in [1.82, 2.24) is 10.2 Å². The maximum Gasteiger partial charge on any atom is 0.254 e. The summed E-state index contributed by atoms with van der Waals surface area (Å²) < 4.78 is 5.41. The lowest BCUT2D eigenvalue weighted by Crippen LogP contribution is -2.63. The molecule has 2 amide bonds. The quantitative estimate of drug-likeness (QED) is 0.795. The number of nitrogens with one attached hydrogen (secondary N) is 1. The second-order valence-corrected chi connectivity index (χ2v) is 9.10. The van der Waals surface area contributed by atoms with Gasteiger partial charge in [0.1, 0.15) is 5.76 Å². The zero-order valence-electron chi connectivity index (χ0n) is 17.4. The minimum Gasteiger partial charge on any atom is -0.467 e. The van der Waals surface area contributed by atoms with E-state index in [1.165, 1.54) is 19.3 Å². The Morgan fingerprint density at radius 3 is 2.53 bits per heavy atom. The van der Waals surface area contributed by atoms with E-state index in [1.54, 1.807) is 6.26 Å². The van der Waals surface area contributed by atoms with E-state index in [0.29, 0.717) is 12.1 Å². The Labute approximate surface area is 177 Å². The van der Waals surface area contributed by atoms with Crippen LogP contribution in [0.5, 0.6) is 0 Å². The molecule has 2 aromatic rings. The molecule has 0 radical (unpaired) electrons. The molecule has 2 fully saturated rings. The standard InChI is InChI=1S/C25H30N2O3/c28-23(26-17-19-11-8-16-30-19)22-20-12-4-5-13-21(20)24(29)27(18-9-2-1-3-10-18)25(22)14-6-7-15-25/h4-5,8,11-13,16,18,22H,1-3,6-7,9-10,14-15,17H2,(H,26,28)/t22-/m0/s1. The van der Waals surface area contributed by atoms with Gasteiger partial charge in [0.2, 0.25) is 5.91 Å². The van der Waals surface area contributed by atoms with Crippen molar-refractivity contribution in [2.75, 3.05) is 0 Å². The largest absolute Gasteiger partial charge is 0.467 e. The van der Waals surface area contributed by atoms with Crippen molar-refractivity contribution in [1.29, 1.82) is 0 Å². The molecule has 1 aromatic heterocycles. The van der Waals surface area contributed by atoms with Crippen LogP contribution in [0.4, 0.5) is 0 Å². The van der Waals surface area contributed by atoms with E-state index in [9.17, 15) is 9.59 Å². The minimum atomic E-state index is -0.402. The monoisotopic (exact) mass is 406 g/mol. The molecule has 2 saturated carbocycles. The summed E-state index contributed by atoms with van der Waals surface area (Å²) in [5.74, 6) is 0.558. The first-order chi connectivity index (χ1) is 14.7. The van der Waals surface area contributed by atoms with Gasteiger partial charge in [-0.2, -0.15) is 0 Å². The Kier molecular flexibility index (Phi) is 5.13. The molecule has 158 valence electrons. The molecule has 0 unspecified atom stereocenters. The number of carbonyl (C=O) groups is 2. The zero-order valence-corrected chi connectivity index (χ0v) is 17.4. The molecular formula is C25H30N2O3. The van der Waals surface area contributed by atoms with Gasteiger partial charge in [-0.3, -0.25) is 9.59 Å². The third kappa shape index (κ3) is 3.15. The van der Waals surface area contributed by atoms with Gasteiger partial charge in [-0.1, -0.05) is 50.3 Å². The Morgan fingerprint density at radius 2 is 1.80 bits per heavy atom. The van der Waals surface area contributed by atoms with Gasteiger partial charge in [-0.25, -0.2) is 0 Å². The summed E-state index contributed by atoms with van der Waals surface area (Å²) in [4.78, 5) is 29.6. The highest BCUT2D eigenvalue weighted by atomic mass is 16.3. The average molecular weight is 407 g/mol. The van der Waals surface area contributed by atoms with Crippen LogP contribution in [0.2, 0.25) is 0 Å². The SMILES string of the molecule is O=C(NCc1ccco1)[C@@H]1c2ccccc2C(=O)N(C2CCCCC2)C12CCCC2. The van der Waals surface area contributed by atoms with Crippen molar-refractivity contribution in [2.45, 2.75) is 81.8 Å². The number of benzene rings is 1. The predicted molar refractivity (Wildman–Crippen MR) is 114 cm³/mol. The number of hydrogen-bond donors (Lipinski definition) is 1. The third-order valence-corrected chi connectivity index (χ3v) is 7.43. The van der Waals surface area contributed by atoms with Crippen LogP contribution in [0.25, 0.3) is 0 Å². The predicted octanol–water partition coefficient (Wildman–Crippen LogP) is 4.78. The Morgan fingerprint density at radius 1 is 1.03 bits per heavy atom. The van der Waals surface area contributed by atoms with E-state index >= 15 is 0 Å².